The van der Waals surface area contributed by atoms with Crippen molar-refractivity contribution in [2.45, 2.75) is 32.4 Å². The van der Waals surface area contributed by atoms with Crippen molar-refractivity contribution in [1.82, 2.24) is 4.90 Å². The maximum absolute atomic E-state index is 14.1. The van der Waals surface area contributed by atoms with E-state index in [0.717, 1.165) is 40.7 Å². The number of hydrogen-bond acceptors (Lipinski definition) is 2. The van der Waals surface area contributed by atoms with Gasteiger partial charge in [0.05, 0.1) is 0 Å². The Balaban J connectivity index is 1.54. The SMILES string of the molecule is Cc1ccc(-c2ccsc2)c(C(=O)N(Cc2ccccc2)C2Cc3ccccc3C2)c1. The highest BCUT2D eigenvalue weighted by atomic mass is 32.1. The summed E-state index contributed by atoms with van der Waals surface area (Å²) in [5.41, 5.74) is 7.92. The number of amides is 1. The summed E-state index contributed by atoms with van der Waals surface area (Å²) in [6.07, 6.45) is 1.82. The lowest BCUT2D eigenvalue weighted by Crippen LogP contribution is -2.40. The Kier molecular flexibility index (Phi) is 5.44. The zero-order chi connectivity index (χ0) is 21.2. The van der Waals surface area contributed by atoms with Crippen LogP contribution in [-0.4, -0.2) is 16.8 Å². The topological polar surface area (TPSA) is 20.3 Å². The molecule has 3 heteroatoms. The number of fused-ring (bicyclic) bond motifs is 1. The molecular weight excluding hydrogens is 398 g/mol. The zero-order valence-corrected chi connectivity index (χ0v) is 18.4. The molecular formula is C28H25NOS. The van der Waals surface area contributed by atoms with Gasteiger partial charge in [0.25, 0.3) is 5.91 Å². The van der Waals surface area contributed by atoms with Crippen molar-refractivity contribution in [2.24, 2.45) is 0 Å². The van der Waals surface area contributed by atoms with Gasteiger partial charge in [-0.2, -0.15) is 11.3 Å². The van der Waals surface area contributed by atoms with E-state index in [9.17, 15) is 4.79 Å². The van der Waals surface area contributed by atoms with E-state index in [1.165, 1.54) is 11.1 Å². The molecule has 2 nitrogen and oxygen atoms in total. The van der Waals surface area contributed by atoms with Crippen LogP contribution in [0, 0.1) is 6.92 Å². The average Bonchev–Trinajstić information content (AvgIpc) is 3.47. The second-order valence-corrected chi connectivity index (χ2v) is 9.09. The average molecular weight is 424 g/mol. The Morgan fingerprint density at radius 3 is 2.32 bits per heavy atom. The molecule has 0 radical (unpaired) electrons. The van der Waals surface area contributed by atoms with Crippen molar-refractivity contribution in [3.63, 3.8) is 0 Å². The number of nitrogens with zero attached hydrogens (tertiary/aromatic N) is 1. The number of carbonyl (C=O) groups excluding carboxylic acids is 1. The molecule has 0 spiro atoms. The molecule has 31 heavy (non-hydrogen) atoms. The number of rotatable bonds is 5. The van der Waals surface area contributed by atoms with Crippen molar-refractivity contribution in [3.8, 4) is 11.1 Å². The van der Waals surface area contributed by atoms with Crippen molar-refractivity contribution >= 4 is 17.2 Å². The van der Waals surface area contributed by atoms with Gasteiger partial charge in [-0.05, 0) is 70.5 Å². The molecule has 0 atom stereocenters. The lowest BCUT2D eigenvalue weighted by molar-refractivity contribution is 0.0668. The van der Waals surface area contributed by atoms with Gasteiger partial charge >= 0.3 is 0 Å². The first-order chi connectivity index (χ1) is 15.2. The van der Waals surface area contributed by atoms with Gasteiger partial charge in [-0.25, -0.2) is 0 Å². The highest BCUT2D eigenvalue weighted by Gasteiger charge is 2.31. The molecule has 0 saturated carbocycles. The molecule has 5 rings (SSSR count). The predicted molar refractivity (Wildman–Crippen MR) is 128 cm³/mol. The van der Waals surface area contributed by atoms with Gasteiger partial charge < -0.3 is 4.90 Å². The van der Waals surface area contributed by atoms with Crippen LogP contribution in [0.4, 0.5) is 0 Å². The first-order valence-corrected chi connectivity index (χ1v) is 11.7. The molecule has 4 aromatic rings. The van der Waals surface area contributed by atoms with Gasteiger partial charge in [0.2, 0.25) is 0 Å². The third-order valence-corrected chi connectivity index (χ3v) is 6.85. The van der Waals surface area contributed by atoms with Gasteiger partial charge in [-0.3, -0.25) is 4.79 Å². The molecule has 3 aromatic carbocycles. The summed E-state index contributed by atoms with van der Waals surface area (Å²) in [7, 11) is 0. The van der Waals surface area contributed by atoms with E-state index < -0.39 is 0 Å². The smallest absolute Gasteiger partial charge is 0.255 e. The fourth-order valence-electron chi connectivity index (χ4n) is 4.56. The molecule has 0 saturated heterocycles. The molecule has 1 amide bonds. The first kappa shape index (κ1) is 19.8. The van der Waals surface area contributed by atoms with Crippen molar-refractivity contribution in [3.05, 3.63) is 117 Å². The summed E-state index contributed by atoms with van der Waals surface area (Å²) in [5.74, 6) is 0.117. The van der Waals surface area contributed by atoms with E-state index in [1.54, 1.807) is 11.3 Å². The van der Waals surface area contributed by atoms with Crippen LogP contribution in [-0.2, 0) is 19.4 Å². The summed E-state index contributed by atoms with van der Waals surface area (Å²) in [6, 6.07) is 27.4. The minimum Gasteiger partial charge on any atom is -0.331 e. The number of benzene rings is 3. The monoisotopic (exact) mass is 423 g/mol. The Morgan fingerprint density at radius 1 is 0.935 bits per heavy atom. The van der Waals surface area contributed by atoms with Crippen LogP contribution in [0.5, 0.6) is 0 Å². The van der Waals surface area contributed by atoms with Crippen LogP contribution >= 0.6 is 11.3 Å². The number of thiophene rings is 1. The summed E-state index contributed by atoms with van der Waals surface area (Å²) >= 11 is 1.66. The van der Waals surface area contributed by atoms with Gasteiger partial charge in [0, 0.05) is 18.2 Å². The fourth-order valence-corrected chi connectivity index (χ4v) is 5.22. The Hall–Kier alpha value is -3.17. The largest absolute Gasteiger partial charge is 0.331 e. The van der Waals surface area contributed by atoms with Crippen LogP contribution < -0.4 is 0 Å². The molecule has 1 aliphatic rings. The Bertz CT molecular complexity index is 1170. The van der Waals surface area contributed by atoms with Crippen LogP contribution in [0.1, 0.15) is 32.6 Å². The second-order valence-electron chi connectivity index (χ2n) is 8.31. The third-order valence-electron chi connectivity index (χ3n) is 6.16. The minimum absolute atomic E-state index is 0.117. The third kappa shape index (κ3) is 4.06. The fraction of sp³-hybridized carbons (Fsp3) is 0.179. The van der Waals surface area contributed by atoms with Gasteiger partial charge in [0.15, 0.2) is 0 Å². The van der Waals surface area contributed by atoms with E-state index >= 15 is 0 Å². The molecule has 154 valence electrons. The molecule has 0 bridgehead atoms. The number of aryl methyl sites for hydroxylation is 1. The Morgan fingerprint density at radius 2 is 1.65 bits per heavy atom. The van der Waals surface area contributed by atoms with Crippen LogP contribution in [0.25, 0.3) is 11.1 Å². The second kappa shape index (κ2) is 8.52. The molecule has 0 N–H and O–H groups in total. The highest BCUT2D eigenvalue weighted by Crippen LogP contribution is 2.32. The molecule has 1 heterocycles. The van der Waals surface area contributed by atoms with E-state index in [0.29, 0.717) is 6.54 Å². The highest BCUT2D eigenvalue weighted by molar-refractivity contribution is 7.08. The lowest BCUT2D eigenvalue weighted by atomic mass is 9.97. The standard InChI is InChI=1S/C28H25NOS/c1-20-11-12-26(24-13-14-31-19-24)27(15-20)28(30)29(18-21-7-3-2-4-8-21)25-16-22-9-5-6-10-23(22)17-25/h2-15,19,25H,16-18H2,1H3. The maximum atomic E-state index is 14.1. The number of hydrogen-bond donors (Lipinski definition) is 0. The van der Waals surface area contributed by atoms with Gasteiger partial charge in [0.1, 0.15) is 0 Å². The molecule has 0 unspecified atom stereocenters. The minimum atomic E-state index is 0.117. The quantitative estimate of drug-likeness (QED) is 0.357. The van der Waals surface area contributed by atoms with Crippen molar-refractivity contribution in [2.75, 3.05) is 0 Å². The van der Waals surface area contributed by atoms with Crippen molar-refractivity contribution in [1.29, 1.82) is 0 Å². The number of carbonyl (C=O) groups is 1. The normalized spacial score (nSPS) is 13.2. The first-order valence-electron chi connectivity index (χ1n) is 10.7. The van der Waals surface area contributed by atoms with E-state index in [1.807, 2.05) is 18.2 Å². The molecule has 1 aromatic heterocycles. The van der Waals surface area contributed by atoms with Crippen LogP contribution in [0.2, 0.25) is 0 Å². The summed E-state index contributed by atoms with van der Waals surface area (Å²) < 4.78 is 0. The van der Waals surface area contributed by atoms with Gasteiger partial charge in [-0.15, -0.1) is 0 Å². The summed E-state index contributed by atoms with van der Waals surface area (Å²) in [4.78, 5) is 16.2. The maximum Gasteiger partial charge on any atom is 0.255 e. The molecule has 0 fully saturated rings. The van der Waals surface area contributed by atoms with Crippen molar-refractivity contribution < 1.29 is 4.79 Å². The van der Waals surface area contributed by atoms with Crippen LogP contribution in [0.3, 0.4) is 0 Å². The van der Waals surface area contributed by atoms with Crippen LogP contribution in [0.15, 0.2) is 89.6 Å². The Labute approximate surface area is 187 Å². The van der Waals surface area contributed by atoms with E-state index in [-0.39, 0.29) is 11.9 Å². The predicted octanol–water partition coefficient (Wildman–Crippen LogP) is 6.53. The zero-order valence-electron chi connectivity index (χ0n) is 17.6. The lowest BCUT2D eigenvalue weighted by Gasteiger charge is -2.30. The van der Waals surface area contributed by atoms with Gasteiger partial charge in [-0.1, -0.05) is 72.3 Å². The molecule has 1 aliphatic carbocycles. The summed E-state index contributed by atoms with van der Waals surface area (Å²) in [6.45, 7) is 2.68. The molecule has 0 aliphatic heterocycles. The van der Waals surface area contributed by atoms with E-state index in [2.05, 4.69) is 83.2 Å². The van der Waals surface area contributed by atoms with E-state index in [4.69, 9.17) is 0 Å². The summed E-state index contributed by atoms with van der Waals surface area (Å²) in [5, 5.41) is 4.19.